The molecule has 1 heterocycles. The standard InChI is InChI=1S/C16H13ClFN3/c1-19-16-15(18)21-14(10-5-3-2-4-6-10)12-9-11(17)7-8-13(12)20-16/h2-9,15H,1H3,(H,19,20). The SMILES string of the molecule is CN=C1Nc2ccc(Cl)cc2C(c2ccccc2)=NC1F. The van der Waals surface area contributed by atoms with Gasteiger partial charge in [0.25, 0.3) is 0 Å². The van der Waals surface area contributed by atoms with E-state index in [0.717, 1.165) is 16.8 Å². The molecule has 1 N–H and O–H groups in total. The predicted molar refractivity (Wildman–Crippen MR) is 85.4 cm³/mol. The van der Waals surface area contributed by atoms with Crippen LogP contribution in [0.2, 0.25) is 5.02 Å². The Labute approximate surface area is 127 Å². The third-order valence-corrected chi connectivity index (χ3v) is 3.49. The van der Waals surface area contributed by atoms with Crippen molar-refractivity contribution in [1.82, 2.24) is 0 Å². The minimum absolute atomic E-state index is 0.185. The van der Waals surface area contributed by atoms with Crippen molar-refractivity contribution in [3.05, 3.63) is 64.7 Å². The van der Waals surface area contributed by atoms with Gasteiger partial charge in [-0.1, -0.05) is 41.9 Å². The number of benzodiazepines with no additional fused rings is 1. The van der Waals surface area contributed by atoms with Gasteiger partial charge in [-0.15, -0.1) is 0 Å². The molecule has 0 aromatic heterocycles. The first-order valence-electron chi connectivity index (χ1n) is 6.50. The highest BCUT2D eigenvalue weighted by Gasteiger charge is 2.23. The van der Waals surface area contributed by atoms with Gasteiger partial charge in [0.2, 0.25) is 6.30 Å². The van der Waals surface area contributed by atoms with Gasteiger partial charge in [-0.25, -0.2) is 9.38 Å². The number of nitrogens with one attached hydrogen (secondary N) is 1. The second-order valence-corrected chi connectivity index (χ2v) is 5.04. The molecule has 1 atom stereocenters. The van der Waals surface area contributed by atoms with Crippen LogP contribution < -0.4 is 5.32 Å². The molecule has 0 aliphatic carbocycles. The average molecular weight is 302 g/mol. The van der Waals surface area contributed by atoms with Crippen molar-refractivity contribution in [1.29, 1.82) is 0 Å². The fourth-order valence-corrected chi connectivity index (χ4v) is 2.42. The quantitative estimate of drug-likeness (QED) is 0.796. The molecule has 2 aromatic carbocycles. The number of hydrogen-bond acceptors (Lipinski definition) is 2. The first-order valence-corrected chi connectivity index (χ1v) is 6.88. The second-order valence-electron chi connectivity index (χ2n) is 4.60. The van der Waals surface area contributed by atoms with Crippen LogP contribution in [0, 0.1) is 0 Å². The van der Waals surface area contributed by atoms with Crippen molar-refractivity contribution < 1.29 is 4.39 Å². The van der Waals surface area contributed by atoms with Crippen molar-refractivity contribution in [3.63, 3.8) is 0 Å². The van der Waals surface area contributed by atoms with Gasteiger partial charge >= 0.3 is 0 Å². The van der Waals surface area contributed by atoms with Crippen LogP contribution in [0.1, 0.15) is 11.1 Å². The molecular weight excluding hydrogens is 289 g/mol. The molecule has 0 radical (unpaired) electrons. The number of alkyl halides is 1. The minimum atomic E-state index is -1.53. The van der Waals surface area contributed by atoms with Crippen LogP contribution in [0.25, 0.3) is 0 Å². The number of benzene rings is 2. The van der Waals surface area contributed by atoms with E-state index in [2.05, 4.69) is 15.3 Å². The van der Waals surface area contributed by atoms with Gasteiger partial charge in [0, 0.05) is 28.9 Å². The van der Waals surface area contributed by atoms with Crippen molar-refractivity contribution in [2.45, 2.75) is 6.30 Å². The van der Waals surface area contributed by atoms with Crippen LogP contribution in [0.5, 0.6) is 0 Å². The van der Waals surface area contributed by atoms with E-state index in [1.807, 2.05) is 30.3 Å². The van der Waals surface area contributed by atoms with Crippen LogP contribution in [-0.2, 0) is 0 Å². The van der Waals surface area contributed by atoms with Gasteiger partial charge in [0.05, 0.1) is 5.71 Å². The number of nitrogens with zero attached hydrogens (tertiary/aromatic N) is 2. The summed E-state index contributed by atoms with van der Waals surface area (Å²) in [4.78, 5) is 8.11. The van der Waals surface area contributed by atoms with Crippen molar-refractivity contribution in [2.24, 2.45) is 9.98 Å². The molecule has 0 spiro atoms. The molecule has 2 aromatic rings. The Morgan fingerprint density at radius 2 is 1.95 bits per heavy atom. The Bertz CT molecular complexity index is 726. The fraction of sp³-hybridized carbons (Fsp3) is 0.125. The first kappa shape index (κ1) is 13.8. The summed E-state index contributed by atoms with van der Waals surface area (Å²) in [5.41, 5.74) is 2.90. The molecular formula is C16H13ClFN3. The van der Waals surface area contributed by atoms with Crippen molar-refractivity contribution >= 4 is 28.8 Å². The molecule has 1 unspecified atom stereocenters. The van der Waals surface area contributed by atoms with Gasteiger partial charge in [-0.3, -0.25) is 4.99 Å². The van der Waals surface area contributed by atoms with Gasteiger partial charge in [-0.2, -0.15) is 0 Å². The summed E-state index contributed by atoms with van der Waals surface area (Å²) in [6.07, 6.45) is -1.53. The Morgan fingerprint density at radius 1 is 1.19 bits per heavy atom. The fourth-order valence-electron chi connectivity index (χ4n) is 2.25. The number of anilines is 1. The second kappa shape index (κ2) is 5.66. The van der Waals surface area contributed by atoms with E-state index in [9.17, 15) is 4.39 Å². The van der Waals surface area contributed by atoms with Crippen LogP contribution in [0.4, 0.5) is 10.1 Å². The molecule has 21 heavy (non-hydrogen) atoms. The summed E-state index contributed by atoms with van der Waals surface area (Å²) in [6, 6.07) is 14.8. The largest absolute Gasteiger partial charge is 0.339 e. The zero-order valence-electron chi connectivity index (χ0n) is 11.3. The molecule has 1 aliphatic heterocycles. The maximum absolute atomic E-state index is 14.3. The van der Waals surface area contributed by atoms with Crippen molar-refractivity contribution in [3.8, 4) is 0 Å². The maximum Gasteiger partial charge on any atom is 0.247 e. The van der Waals surface area contributed by atoms with Gasteiger partial charge in [-0.05, 0) is 18.2 Å². The lowest BCUT2D eigenvalue weighted by molar-refractivity contribution is 0.439. The third-order valence-electron chi connectivity index (χ3n) is 3.26. The lowest BCUT2D eigenvalue weighted by atomic mass is 10.0. The van der Waals surface area contributed by atoms with E-state index in [1.54, 1.807) is 18.2 Å². The van der Waals surface area contributed by atoms with Crippen LogP contribution in [0.15, 0.2) is 58.5 Å². The normalized spacial score (nSPS) is 19.5. The van der Waals surface area contributed by atoms with Gasteiger partial charge in [0.15, 0.2) is 5.84 Å². The first-order chi connectivity index (χ1) is 10.2. The molecule has 0 saturated heterocycles. The van der Waals surface area contributed by atoms with Crippen molar-refractivity contribution in [2.75, 3.05) is 12.4 Å². The van der Waals surface area contributed by atoms with Crippen LogP contribution in [-0.4, -0.2) is 24.9 Å². The number of fused-ring (bicyclic) bond motifs is 1. The van der Waals surface area contributed by atoms with Gasteiger partial charge in [0.1, 0.15) is 0 Å². The molecule has 3 rings (SSSR count). The van der Waals surface area contributed by atoms with E-state index in [0.29, 0.717) is 10.7 Å². The Hall–Kier alpha value is -2.20. The number of halogens is 2. The molecule has 0 amide bonds. The van der Waals surface area contributed by atoms with E-state index >= 15 is 0 Å². The smallest absolute Gasteiger partial charge is 0.247 e. The predicted octanol–water partition coefficient (Wildman–Crippen LogP) is 3.93. The average Bonchev–Trinajstić information content (AvgIpc) is 2.65. The molecule has 106 valence electrons. The lowest BCUT2D eigenvalue weighted by Crippen LogP contribution is -2.21. The highest BCUT2D eigenvalue weighted by Crippen LogP contribution is 2.27. The van der Waals surface area contributed by atoms with E-state index in [4.69, 9.17) is 11.6 Å². The molecule has 5 heteroatoms. The summed E-state index contributed by atoms with van der Waals surface area (Å²) in [6.45, 7) is 0. The zero-order valence-corrected chi connectivity index (χ0v) is 12.1. The van der Waals surface area contributed by atoms with Gasteiger partial charge < -0.3 is 5.32 Å². The Morgan fingerprint density at radius 3 is 2.67 bits per heavy atom. The van der Waals surface area contributed by atoms with E-state index < -0.39 is 6.30 Å². The number of rotatable bonds is 1. The highest BCUT2D eigenvalue weighted by atomic mass is 35.5. The number of amidine groups is 1. The Kier molecular flexibility index (Phi) is 3.71. The summed E-state index contributed by atoms with van der Waals surface area (Å²) < 4.78 is 14.3. The topological polar surface area (TPSA) is 36.8 Å². The number of hydrogen-bond donors (Lipinski definition) is 1. The highest BCUT2D eigenvalue weighted by molar-refractivity contribution is 6.32. The molecule has 1 aliphatic rings. The summed E-state index contributed by atoms with van der Waals surface area (Å²) >= 11 is 6.08. The molecule has 0 fully saturated rings. The maximum atomic E-state index is 14.3. The third kappa shape index (κ3) is 2.67. The number of aliphatic imine (C=N–C) groups is 2. The molecule has 0 bridgehead atoms. The monoisotopic (exact) mass is 301 g/mol. The summed E-state index contributed by atoms with van der Waals surface area (Å²) in [7, 11) is 1.54. The Balaban J connectivity index is 2.24. The van der Waals surface area contributed by atoms with Crippen LogP contribution in [0.3, 0.4) is 0 Å². The molecule has 0 saturated carbocycles. The lowest BCUT2D eigenvalue weighted by Gasteiger charge is -2.10. The molecule has 3 nitrogen and oxygen atoms in total. The summed E-state index contributed by atoms with van der Waals surface area (Å²) in [5, 5.41) is 3.56. The van der Waals surface area contributed by atoms with E-state index in [1.165, 1.54) is 7.05 Å². The minimum Gasteiger partial charge on any atom is -0.339 e. The zero-order chi connectivity index (χ0) is 14.8. The summed E-state index contributed by atoms with van der Waals surface area (Å²) in [5.74, 6) is 0.185. The van der Waals surface area contributed by atoms with E-state index in [-0.39, 0.29) is 5.84 Å². The van der Waals surface area contributed by atoms with Crippen LogP contribution >= 0.6 is 11.6 Å².